The van der Waals surface area contributed by atoms with Crippen molar-refractivity contribution in [3.8, 4) is 12.3 Å². The van der Waals surface area contributed by atoms with Gasteiger partial charge in [-0.2, -0.15) is 0 Å². The molecular formula is C15H20ClN. The van der Waals surface area contributed by atoms with Gasteiger partial charge in [-0.3, -0.25) is 0 Å². The minimum atomic E-state index is 0.353. The van der Waals surface area contributed by atoms with Crippen LogP contribution >= 0.6 is 11.6 Å². The molecule has 0 bridgehead atoms. The summed E-state index contributed by atoms with van der Waals surface area (Å²) >= 11 is 6.16. The maximum absolute atomic E-state index is 6.16. The molecule has 1 atom stereocenters. The number of nitrogens with one attached hydrogen (secondary N) is 1. The van der Waals surface area contributed by atoms with Gasteiger partial charge in [-0.15, -0.1) is 12.3 Å². The molecule has 0 spiro atoms. The van der Waals surface area contributed by atoms with Crippen LogP contribution < -0.4 is 5.32 Å². The Kier molecular flexibility index (Phi) is 6.11. The summed E-state index contributed by atoms with van der Waals surface area (Å²) in [6.07, 6.45) is 8.21. The second-order valence-electron chi connectivity index (χ2n) is 4.22. The fourth-order valence-electron chi connectivity index (χ4n) is 1.87. The molecule has 0 saturated heterocycles. The topological polar surface area (TPSA) is 12.0 Å². The number of benzene rings is 1. The van der Waals surface area contributed by atoms with Crippen LogP contribution in [0.3, 0.4) is 0 Å². The lowest BCUT2D eigenvalue weighted by Gasteiger charge is -2.18. The molecule has 1 rings (SSSR count). The highest BCUT2D eigenvalue weighted by molar-refractivity contribution is 6.31. The highest BCUT2D eigenvalue weighted by Gasteiger charge is 2.10. The van der Waals surface area contributed by atoms with Gasteiger partial charge in [-0.05, 0) is 43.5 Å². The molecular weight excluding hydrogens is 230 g/mol. The predicted octanol–water partition coefficient (Wildman–Crippen LogP) is 4.10. The number of hydrogen-bond donors (Lipinski definition) is 1. The van der Waals surface area contributed by atoms with Gasteiger partial charge < -0.3 is 5.32 Å². The molecule has 1 aromatic carbocycles. The first-order chi connectivity index (χ1) is 8.19. The number of aryl methyl sites for hydroxylation is 1. The van der Waals surface area contributed by atoms with E-state index in [2.05, 4.69) is 36.4 Å². The average molecular weight is 250 g/mol. The third-order valence-electron chi connectivity index (χ3n) is 2.86. The summed E-state index contributed by atoms with van der Waals surface area (Å²) in [6.45, 7) is 5.09. The zero-order valence-electron chi connectivity index (χ0n) is 10.6. The lowest BCUT2D eigenvalue weighted by atomic mass is 10.00. The van der Waals surface area contributed by atoms with Crippen LogP contribution in [0.4, 0.5) is 0 Å². The van der Waals surface area contributed by atoms with Crippen molar-refractivity contribution in [2.24, 2.45) is 0 Å². The zero-order chi connectivity index (χ0) is 12.7. The van der Waals surface area contributed by atoms with Gasteiger partial charge in [0.05, 0.1) is 0 Å². The van der Waals surface area contributed by atoms with Crippen LogP contribution in [0.15, 0.2) is 18.2 Å². The Hall–Kier alpha value is -0.970. The number of unbranched alkanes of at least 4 members (excludes halogenated alkanes) is 1. The van der Waals surface area contributed by atoms with E-state index in [1.165, 1.54) is 5.56 Å². The van der Waals surface area contributed by atoms with Crippen molar-refractivity contribution >= 4 is 11.6 Å². The van der Waals surface area contributed by atoms with E-state index in [-0.39, 0.29) is 0 Å². The van der Waals surface area contributed by atoms with E-state index in [1.807, 2.05) is 6.92 Å². The van der Waals surface area contributed by atoms with Gasteiger partial charge in [-0.25, -0.2) is 0 Å². The summed E-state index contributed by atoms with van der Waals surface area (Å²) in [7, 11) is 0. The number of hydrogen-bond acceptors (Lipinski definition) is 1. The molecule has 17 heavy (non-hydrogen) atoms. The Balaban J connectivity index is 2.74. The SMILES string of the molecule is C#CCCCC(NCC)c1ccc(C)c(Cl)c1. The van der Waals surface area contributed by atoms with Crippen LogP contribution in [-0.4, -0.2) is 6.54 Å². The van der Waals surface area contributed by atoms with Crippen molar-refractivity contribution in [3.63, 3.8) is 0 Å². The normalized spacial score (nSPS) is 12.1. The largest absolute Gasteiger partial charge is 0.310 e. The molecule has 0 aliphatic heterocycles. The minimum absolute atomic E-state index is 0.353. The van der Waals surface area contributed by atoms with E-state index in [4.69, 9.17) is 18.0 Å². The standard InChI is InChI=1S/C15H20ClN/c1-4-6-7-8-15(17-5-2)13-10-9-12(3)14(16)11-13/h1,9-11,15,17H,5-8H2,2-3H3. The fraction of sp³-hybridized carbons (Fsp3) is 0.467. The molecule has 92 valence electrons. The summed E-state index contributed by atoms with van der Waals surface area (Å²) in [5.41, 5.74) is 2.37. The van der Waals surface area contributed by atoms with Crippen molar-refractivity contribution in [1.29, 1.82) is 0 Å². The second kappa shape index (κ2) is 7.37. The highest BCUT2D eigenvalue weighted by Crippen LogP contribution is 2.24. The molecule has 1 N–H and O–H groups in total. The first-order valence-corrected chi connectivity index (χ1v) is 6.49. The molecule has 0 aromatic heterocycles. The predicted molar refractivity (Wildman–Crippen MR) is 75.3 cm³/mol. The van der Waals surface area contributed by atoms with Crippen molar-refractivity contribution in [1.82, 2.24) is 5.32 Å². The summed E-state index contributed by atoms with van der Waals surface area (Å²) in [5, 5.41) is 4.31. The Morgan fingerprint density at radius 1 is 1.47 bits per heavy atom. The van der Waals surface area contributed by atoms with Crippen molar-refractivity contribution < 1.29 is 0 Å². The Labute approximate surface area is 110 Å². The number of halogens is 1. The monoisotopic (exact) mass is 249 g/mol. The molecule has 0 aliphatic carbocycles. The average Bonchev–Trinajstić information content (AvgIpc) is 2.32. The van der Waals surface area contributed by atoms with Crippen molar-refractivity contribution in [2.45, 2.75) is 39.2 Å². The molecule has 0 fully saturated rings. The molecule has 0 heterocycles. The van der Waals surface area contributed by atoms with Gasteiger partial charge in [-0.1, -0.05) is 30.7 Å². The van der Waals surface area contributed by atoms with Crippen LogP contribution in [-0.2, 0) is 0 Å². The number of rotatable bonds is 6. The lowest BCUT2D eigenvalue weighted by Crippen LogP contribution is -2.20. The molecule has 1 unspecified atom stereocenters. The second-order valence-corrected chi connectivity index (χ2v) is 4.62. The first-order valence-electron chi connectivity index (χ1n) is 6.12. The van der Waals surface area contributed by atoms with Gasteiger partial charge in [0.25, 0.3) is 0 Å². The van der Waals surface area contributed by atoms with E-state index >= 15 is 0 Å². The minimum Gasteiger partial charge on any atom is -0.310 e. The first kappa shape index (κ1) is 14.1. The van der Waals surface area contributed by atoms with E-state index in [1.54, 1.807) is 0 Å². The number of terminal acetylenes is 1. The van der Waals surface area contributed by atoms with Crippen LogP contribution in [0.2, 0.25) is 5.02 Å². The molecule has 0 aliphatic rings. The summed E-state index contributed by atoms with van der Waals surface area (Å²) in [5.74, 6) is 2.68. The molecule has 0 saturated carbocycles. The summed E-state index contributed by atoms with van der Waals surface area (Å²) < 4.78 is 0. The van der Waals surface area contributed by atoms with Crippen LogP contribution in [0.25, 0.3) is 0 Å². The smallest absolute Gasteiger partial charge is 0.0438 e. The van der Waals surface area contributed by atoms with E-state index in [0.29, 0.717) is 6.04 Å². The van der Waals surface area contributed by atoms with E-state index < -0.39 is 0 Å². The zero-order valence-corrected chi connectivity index (χ0v) is 11.3. The summed E-state index contributed by atoms with van der Waals surface area (Å²) in [6, 6.07) is 6.62. The molecule has 2 heteroatoms. The Morgan fingerprint density at radius 2 is 2.24 bits per heavy atom. The van der Waals surface area contributed by atoms with Gasteiger partial charge in [0.2, 0.25) is 0 Å². The molecule has 1 nitrogen and oxygen atoms in total. The molecule has 1 aromatic rings. The molecule has 0 amide bonds. The Morgan fingerprint density at radius 3 is 2.82 bits per heavy atom. The maximum atomic E-state index is 6.16. The fourth-order valence-corrected chi connectivity index (χ4v) is 2.06. The summed E-state index contributed by atoms with van der Waals surface area (Å²) in [4.78, 5) is 0. The lowest BCUT2D eigenvalue weighted by molar-refractivity contribution is 0.502. The molecule has 0 radical (unpaired) electrons. The van der Waals surface area contributed by atoms with Gasteiger partial charge in [0, 0.05) is 17.5 Å². The van der Waals surface area contributed by atoms with E-state index in [0.717, 1.165) is 36.4 Å². The maximum Gasteiger partial charge on any atom is 0.0438 e. The highest BCUT2D eigenvalue weighted by atomic mass is 35.5. The van der Waals surface area contributed by atoms with Crippen LogP contribution in [0.1, 0.15) is 43.4 Å². The third-order valence-corrected chi connectivity index (χ3v) is 3.27. The van der Waals surface area contributed by atoms with E-state index in [9.17, 15) is 0 Å². The van der Waals surface area contributed by atoms with Crippen LogP contribution in [0, 0.1) is 19.3 Å². The van der Waals surface area contributed by atoms with Crippen molar-refractivity contribution in [3.05, 3.63) is 34.3 Å². The van der Waals surface area contributed by atoms with Crippen LogP contribution in [0.5, 0.6) is 0 Å². The third kappa shape index (κ3) is 4.42. The Bertz CT molecular complexity index is 392. The van der Waals surface area contributed by atoms with Gasteiger partial charge in [0.1, 0.15) is 0 Å². The van der Waals surface area contributed by atoms with Gasteiger partial charge >= 0.3 is 0 Å². The quantitative estimate of drug-likeness (QED) is 0.591. The van der Waals surface area contributed by atoms with Gasteiger partial charge in [0.15, 0.2) is 0 Å². The van der Waals surface area contributed by atoms with Crippen molar-refractivity contribution in [2.75, 3.05) is 6.54 Å².